The molecule has 8 nitrogen and oxygen atoms in total. The first-order valence-corrected chi connectivity index (χ1v) is 15.3. The number of hydrogen-bond acceptors (Lipinski definition) is 7. The van der Waals surface area contributed by atoms with Gasteiger partial charge < -0.3 is 23.3 Å². The molecule has 1 saturated carbocycles. The van der Waals surface area contributed by atoms with Gasteiger partial charge in [0.1, 0.15) is 13.1 Å². The monoisotopic (exact) mass is 578 g/mol. The molecule has 39 heavy (non-hydrogen) atoms. The first-order chi connectivity index (χ1) is 18.4. The largest absolute Gasteiger partial charge is 0.748 e. The van der Waals surface area contributed by atoms with Crippen molar-refractivity contribution in [2.45, 2.75) is 50.9 Å². The van der Waals surface area contributed by atoms with Crippen molar-refractivity contribution < 1.29 is 31.7 Å². The molecule has 1 atom stereocenters. The highest BCUT2D eigenvalue weighted by atomic mass is 35.5. The highest BCUT2D eigenvalue weighted by Gasteiger charge is 2.44. The summed E-state index contributed by atoms with van der Waals surface area (Å²) in [5.41, 5.74) is 0.774. The minimum atomic E-state index is -3.92. The maximum absolute atomic E-state index is 12.0. The van der Waals surface area contributed by atoms with Crippen LogP contribution in [0.5, 0.6) is 0 Å². The topological polar surface area (TPSA) is 113 Å². The van der Waals surface area contributed by atoms with Gasteiger partial charge in [0, 0.05) is 17.2 Å². The second-order valence-corrected chi connectivity index (χ2v) is 12.6. The summed E-state index contributed by atoms with van der Waals surface area (Å²) in [6.45, 7) is 2.70. The molecule has 0 amide bonds. The second kappa shape index (κ2) is 13.9. The van der Waals surface area contributed by atoms with Crippen LogP contribution in [0, 0.1) is 5.92 Å². The van der Waals surface area contributed by atoms with E-state index in [1.807, 2.05) is 54.6 Å². The molecule has 1 fully saturated rings. The lowest BCUT2D eigenvalue weighted by Crippen LogP contribution is -2.41. The van der Waals surface area contributed by atoms with Gasteiger partial charge >= 0.3 is 0 Å². The molecule has 1 aliphatic rings. The van der Waals surface area contributed by atoms with Gasteiger partial charge in [-0.05, 0) is 36.1 Å². The van der Waals surface area contributed by atoms with Gasteiger partial charge in [-0.2, -0.15) is 0 Å². The number of quaternary nitrogens is 1. The summed E-state index contributed by atoms with van der Waals surface area (Å²) >= 11 is 5.95. The Morgan fingerprint density at radius 3 is 2.33 bits per heavy atom. The number of aromatic nitrogens is 1. The van der Waals surface area contributed by atoms with E-state index in [9.17, 15) is 5.11 Å². The SMILES string of the molecule is CS(=O)(=O)[O-].C[N+](C)(CCOCc1ccc(Cl)cc1)Cc1cnc([C@](O)(c2ccccc2)C2CCCCC2)o1. The Bertz CT molecular complexity index is 1250. The molecule has 3 aromatic rings. The van der Waals surface area contributed by atoms with Crippen LogP contribution in [0.2, 0.25) is 5.02 Å². The quantitative estimate of drug-likeness (QED) is 0.202. The Labute approximate surface area is 236 Å². The van der Waals surface area contributed by atoms with Gasteiger partial charge in [0.15, 0.2) is 11.4 Å². The van der Waals surface area contributed by atoms with E-state index in [0.717, 1.165) is 54.1 Å². The zero-order valence-corrected chi connectivity index (χ0v) is 24.5. The van der Waals surface area contributed by atoms with Crippen LogP contribution in [0.4, 0.5) is 0 Å². The lowest BCUT2D eigenvalue weighted by molar-refractivity contribution is -0.905. The molecule has 0 spiro atoms. The maximum Gasteiger partial charge on any atom is 0.231 e. The lowest BCUT2D eigenvalue weighted by atomic mass is 9.73. The minimum absolute atomic E-state index is 0.110. The van der Waals surface area contributed by atoms with E-state index in [4.69, 9.17) is 33.7 Å². The molecule has 2 aromatic carbocycles. The van der Waals surface area contributed by atoms with Gasteiger partial charge in [-0.15, -0.1) is 0 Å². The summed E-state index contributed by atoms with van der Waals surface area (Å²) in [5, 5.41) is 12.7. The Balaban J connectivity index is 0.000000771. The van der Waals surface area contributed by atoms with Gasteiger partial charge in [0.25, 0.3) is 0 Å². The van der Waals surface area contributed by atoms with E-state index in [1.54, 1.807) is 6.20 Å². The summed E-state index contributed by atoms with van der Waals surface area (Å²) in [6.07, 6.45) is 7.84. The fraction of sp³-hybridized carbons (Fsp3) is 0.483. The Hall–Kier alpha value is -2.27. The number of oxazole rings is 1. The van der Waals surface area contributed by atoms with Gasteiger partial charge in [0.05, 0.1) is 43.6 Å². The van der Waals surface area contributed by atoms with Crippen LogP contribution in [0.25, 0.3) is 0 Å². The Morgan fingerprint density at radius 1 is 1.10 bits per heavy atom. The molecule has 1 aliphatic carbocycles. The second-order valence-electron chi connectivity index (χ2n) is 10.8. The summed E-state index contributed by atoms with van der Waals surface area (Å²) in [7, 11) is 0.386. The molecule has 0 saturated heterocycles. The number of benzene rings is 2. The predicted molar refractivity (Wildman–Crippen MR) is 150 cm³/mol. The number of aliphatic hydroxyl groups is 1. The first kappa shape index (κ1) is 31.3. The summed E-state index contributed by atoms with van der Waals surface area (Å²) in [5.74, 6) is 1.31. The van der Waals surface area contributed by atoms with Crippen LogP contribution in [0.15, 0.2) is 65.2 Å². The van der Waals surface area contributed by atoms with Crippen LogP contribution < -0.4 is 0 Å². The van der Waals surface area contributed by atoms with Crippen molar-refractivity contribution in [3.63, 3.8) is 0 Å². The smallest absolute Gasteiger partial charge is 0.231 e. The fourth-order valence-corrected chi connectivity index (χ4v) is 5.01. The molecule has 0 radical (unpaired) electrons. The number of halogens is 1. The zero-order valence-electron chi connectivity index (χ0n) is 22.9. The van der Waals surface area contributed by atoms with E-state index in [1.165, 1.54) is 6.42 Å². The Morgan fingerprint density at radius 2 is 1.72 bits per heavy atom. The van der Waals surface area contributed by atoms with Crippen molar-refractivity contribution in [2.24, 2.45) is 5.92 Å². The van der Waals surface area contributed by atoms with E-state index in [-0.39, 0.29) is 5.92 Å². The predicted octanol–water partition coefficient (Wildman–Crippen LogP) is 5.10. The average molecular weight is 579 g/mol. The van der Waals surface area contributed by atoms with Crippen LogP contribution in [0.1, 0.15) is 54.9 Å². The number of hydrogen-bond donors (Lipinski definition) is 1. The molecule has 1 aromatic heterocycles. The summed E-state index contributed by atoms with van der Waals surface area (Å²) in [6, 6.07) is 17.6. The third-order valence-corrected chi connectivity index (χ3v) is 7.15. The third-order valence-electron chi connectivity index (χ3n) is 6.90. The molecule has 10 heteroatoms. The zero-order chi connectivity index (χ0) is 28.5. The molecule has 0 aliphatic heterocycles. The molecular weight excluding hydrogens is 540 g/mol. The number of likely N-dealkylation sites (N-methyl/N-ethyl adjacent to an activating group) is 1. The highest BCUT2D eigenvalue weighted by molar-refractivity contribution is 7.84. The maximum atomic E-state index is 12.0. The molecule has 214 valence electrons. The van der Waals surface area contributed by atoms with Crippen molar-refractivity contribution in [3.8, 4) is 0 Å². The van der Waals surface area contributed by atoms with Crippen molar-refractivity contribution in [3.05, 3.63) is 88.6 Å². The van der Waals surface area contributed by atoms with E-state index >= 15 is 0 Å². The summed E-state index contributed by atoms with van der Waals surface area (Å²) in [4.78, 5) is 4.60. The molecule has 0 unspecified atom stereocenters. The average Bonchev–Trinajstić information content (AvgIpc) is 3.35. The van der Waals surface area contributed by atoms with E-state index < -0.39 is 15.7 Å². The minimum Gasteiger partial charge on any atom is -0.748 e. The molecule has 4 rings (SSSR count). The molecule has 1 N–H and O–H groups in total. The van der Waals surface area contributed by atoms with Gasteiger partial charge in [0.2, 0.25) is 5.89 Å². The number of nitrogens with zero attached hydrogens (tertiary/aromatic N) is 2. The highest BCUT2D eigenvalue weighted by Crippen LogP contribution is 2.43. The van der Waals surface area contributed by atoms with Gasteiger partial charge in [-0.25, -0.2) is 13.4 Å². The van der Waals surface area contributed by atoms with E-state index in [2.05, 4.69) is 19.1 Å². The van der Waals surface area contributed by atoms with E-state index in [0.29, 0.717) is 36.4 Å². The first-order valence-electron chi connectivity index (χ1n) is 13.1. The molecule has 1 heterocycles. The standard InChI is InChI=1S/C28H36ClN2O3.CH4O3S/c1-31(2,17-18-33-21-22-13-15-25(29)16-14-22)20-26-19-30-27(34-26)28(32,23-9-5-3-6-10-23)24-11-7-4-8-12-24;1-5(2,3)4/h3,5-6,9-10,13-16,19,24,32H,4,7-8,11-12,17-18,20-21H2,1-2H3;1H3,(H,2,3,4)/q+1;/p-1/t28-;/m0./s1. The Kier molecular flexibility index (Phi) is 11.1. The molecular formula is C29H39ClN2O6S. The molecule has 0 bridgehead atoms. The van der Waals surface area contributed by atoms with Gasteiger partial charge in [-0.3, -0.25) is 0 Å². The lowest BCUT2D eigenvalue weighted by Gasteiger charge is -2.36. The summed E-state index contributed by atoms with van der Waals surface area (Å²) < 4.78 is 40.1. The van der Waals surface area contributed by atoms with Crippen molar-refractivity contribution >= 4 is 21.7 Å². The van der Waals surface area contributed by atoms with Gasteiger partial charge in [-0.1, -0.05) is 73.3 Å². The fourth-order valence-electron chi connectivity index (χ4n) is 4.89. The third kappa shape index (κ3) is 10.0. The van der Waals surface area contributed by atoms with Crippen LogP contribution in [0.3, 0.4) is 0 Å². The van der Waals surface area contributed by atoms with Crippen LogP contribution in [-0.4, -0.2) is 61.0 Å². The van der Waals surface area contributed by atoms with Crippen molar-refractivity contribution in [1.82, 2.24) is 4.98 Å². The van der Waals surface area contributed by atoms with Crippen LogP contribution in [-0.2, 0) is 33.6 Å². The number of rotatable bonds is 10. The van der Waals surface area contributed by atoms with Crippen molar-refractivity contribution in [2.75, 3.05) is 33.5 Å². The van der Waals surface area contributed by atoms with Crippen molar-refractivity contribution in [1.29, 1.82) is 0 Å². The number of ether oxygens (including phenoxy) is 1. The van der Waals surface area contributed by atoms with Crippen LogP contribution >= 0.6 is 11.6 Å². The normalized spacial score (nSPS) is 16.3.